The van der Waals surface area contributed by atoms with Crippen LogP contribution in [0.15, 0.2) is 0 Å². The van der Waals surface area contributed by atoms with E-state index in [4.69, 9.17) is 10.2 Å². The average Bonchev–Trinajstić information content (AvgIpc) is 3.42. The molecule has 4 fully saturated rings. The summed E-state index contributed by atoms with van der Waals surface area (Å²) in [5.41, 5.74) is -0.126. The molecule has 11 atom stereocenters. The Balaban J connectivity index is 0.00000729. The van der Waals surface area contributed by atoms with Crippen molar-refractivity contribution in [1.29, 1.82) is 0 Å². The van der Waals surface area contributed by atoms with Crippen molar-refractivity contribution in [3.8, 4) is 0 Å². The first-order chi connectivity index (χ1) is 24.1. The number of amides is 1. The molecule has 4 aliphatic rings. The number of rotatable bonds is 20. The molecule has 0 aromatic rings. The summed E-state index contributed by atoms with van der Waals surface area (Å²) in [6, 6.07) is -1.01. The third-order valence-electron chi connectivity index (χ3n) is 13.8. The van der Waals surface area contributed by atoms with Crippen LogP contribution in [0.1, 0.15) is 97.8 Å². The van der Waals surface area contributed by atoms with Crippen LogP contribution in [0.25, 0.3) is 0 Å². The van der Waals surface area contributed by atoms with Crippen molar-refractivity contribution in [2.45, 2.75) is 116 Å². The fourth-order valence-corrected chi connectivity index (χ4v) is 11.2. The number of hydrogen-bond donors (Lipinski definition) is 8. The van der Waals surface area contributed by atoms with Crippen molar-refractivity contribution in [1.82, 2.24) is 20.9 Å². The van der Waals surface area contributed by atoms with Gasteiger partial charge in [0.1, 0.15) is 6.04 Å². The van der Waals surface area contributed by atoms with Gasteiger partial charge in [-0.1, -0.05) is 20.8 Å². The molecule has 0 aromatic heterocycles. The number of carbonyl (C=O) groups excluding carboxylic acids is 1. The van der Waals surface area contributed by atoms with Gasteiger partial charge >= 0.3 is 152 Å². The summed E-state index contributed by atoms with van der Waals surface area (Å²) in [6.07, 6.45) is 8.19. The molecule has 4 aliphatic carbocycles. The number of carboxylic acids is 4. The summed E-state index contributed by atoms with van der Waals surface area (Å²) in [6.45, 7) is 7.15. The Hall–Kier alpha value is 1.51. The Morgan fingerprint density at radius 2 is 1.36 bits per heavy atom. The number of nitrogens with zero attached hydrogens (tertiary/aromatic N) is 1. The van der Waals surface area contributed by atoms with E-state index in [0.717, 1.165) is 51.4 Å². The maximum absolute atomic E-state index is 13.2. The summed E-state index contributed by atoms with van der Waals surface area (Å²) in [5, 5.41) is 57.7. The minimum Gasteiger partial charge on any atom is -0.481 e. The number of aliphatic hydroxyl groups is 1. The average molecular weight is 949 g/mol. The Kier molecular flexibility index (Phi) is 26.8. The predicted octanol–water partition coefficient (Wildman–Crippen LogP) is -6.50. The van der Waals surface area contributed by atoms with Gasteiger partial charge in [-0.15, -0.1) is 0 Å². The van der Waals surface area contributed by atoms with Gasteiger partial charge in [0.15, 0.2) is 0 Å². The van der Waals surface area contributed by atoms with Crippen LogP contribution >= 0.6 is 0 Å². The molecule has 1 unspecified atom stereocenters. The molecule has 1 amide bonds. The van der Waals surface area contributed by atoms with Gasteiger partial charge in [-0.25, -0.2) is 0 Å². The van der Waals surface area contributed by atoms with Gasteiger partial charge in [0.25, 0.3) is 0 Å². The van der Waals surface area contributed by atoms with E-state index in [1.165, 1.54) is 0 Å². The Morgan fingerprint density at radius 1 is 0.764 bits per heavy atom. The van der Waals surface area contributed by atoms with E-state index in [1.807, 2.05) is 0 Å². The summed E-state index contributed by atoms with van der Waals surface area (Å²) in [5.74, 6) is -1.76. The number of hydrogen-bond acceptors (Lipinski definition) is 9. The van der Waals surface area contributed by atoms with Crippen LogP contribution in [0.4, 0.5) is 0 Å². The van der Waals surface area contributed by atoms with Crippen molar-refractivity contribution in [2.75, 3.05) is 39.3 Å². The summed E-state index contributed by atoms with van der Waals surface area (Å²) in [7, 11) is 0. The van der Waals surface area contributed by atoms with E-state index in [2.05, 4.69) is 36.7 Å². The van der Waals surface area contributed by atoms with Gasteiger partial charge in [0.2, 0.25) is 5.91 Å². The van der Waals surface area contributed by atoms with E-state index in [9.17, 15) is 39.3 Å². The van der Waals surface area contributed by atoms with Crippen LogP contribution in [0, 0.1) is 86.3 Å². The summed E-state index contributed by atoms with van der Waals surface area (Å²) >= 11 is 0. The van der Waals surface area contributed by atoms with E-state index in [0.29, 0.717) is 36.0 Å². The van der Waals surface area contributed by atoms with Crippen molar-refractivity contribution >= 4 is 29.8 Å². The molecule has 0 saturated heterocycles. The van der Waals surface area contributed by atoms with E-state index >= 15 is 0 Å². The SMILES string of the molecule is C[C@H](CCC(=O)O)[C@H]1CC[C@H]2[C@@H]3CC[C@@H]4C[C@@H](NC(=O)CCC(C(=O)O)N(CCNCC(=O)O)CCNCC(=O)O)CC[C@]4(C)[C@H]3C[C@H](O)[C@]12C.[Gd+3].[Na+].[Na+].[Na+]. The second-order valence-electron chi connectivity index (χ2n) is 16.5. The molecular weight excluding hydrogens is 887 g/mol. The monoisotopic (exact) mass is 949 g/mol. The number of carboxylic acid groups (broad SMARTS) is 4. The van der Waals surface area contributed by atoms with Crippen LogP contribution in [-0.4, -0.2) is 118 Å². The number of aliphatic hydroxyl groups excluding tert-OH is 1. The standard InChI is InChI=1S/C37H62N4O10.Gd.3Na/c1-22(4-11-32(44)45)26-7-8-27-25-6-5-23-18-24(12-13-36(23,2)28(25)19-30(42)37(26,27)3)40-31(43)10-9-29(35(50)51)41(16-14-38-20-33(46)47)17-15-39-21-34(48)49;;;;/h22-30,38-39,42H,4-21H2,1-3H3,(H,40,43)(H,44,45)(H,46,47)(H,48,49)(H,50,51);;;;/q;+3;3*+1/t22-,23-,24+,25+,26-,27+,28+,29?,30+,36+,37-;;;;/m1..../s1. The maximum Gasteiger partial charge on any atom is 3.00 e. The van der Waals surface area contributed by atoms with Crippen molar-refractivity contribution in [3.05, 3.63) is 0 Å². The summed E-state index contributed by atoms with van der Waals surface area (Å²) < 4.78 is 0. The summed E-state index contributed by atoms with van der Waals surface area (Å²) in [4.78, 5) is 60.2. The Morgan fingerprint density at radius 3 is 1.91 bits per heavy atom. The number of carbonyl (C=O) groups is 5. The third kappa shape index (κ3) is 14.8. The molecule has 0 aliphatic heterocycles. The minimum atomic E-state index is -1.10. The zero-order valence-corrected chi connectivity index (χ0v) is 42.3. The normalized spacial score (nSPS) is 31.6. The quantitative estimate of drug-likeness (QED) is 0.0421. The molecule has 295 valence electrons. The zero-order chi connectivity index (χ0) is 37.5. The van der Waals surface area contributed by atoms with Crippen LogP contribution in [0.3, 0.4) is 0 Å². The second kappa shape index (κ2) is 26.1. The topological polar surface area (TPSA) is 226 Å². The van der Waals surface area contributed by atoms with Crippen LogP contribution < -0.4 is 105 Å². The fourth-order valence-electron chi connectivity index (χ4n) is 11.2. The minimum absolute atomic E-state index is 0. The molecule has 55 heavy (non-hydrogen) atoms. The molecule has 1 radical (unpaired) electrons. The third-order valence-corrected chi connectivity index (χ3v) is 13.8. The molecule has 18 heteroatoms. The molecule has 4 rings (SSSR count). The van der Waals surface area contributed by atoms with Crippen LogP contribution in [0.2, 0.25) is 0 Å². The van der Waals surface area contributed by atoms with E-state index < -0.39 is 36.0 Å². The fraction of sp³-hybridized carbons (Fsp3) is 0.865. The van der Waals surface area contributed by atoms with Crippen molar-refractivity contribution in [3.63, 3.8) is 0 Å². The van der Waals surface area contributed by atoms with Gasteiger partial charge < -0.3 is 41.5 Å². The first-order valence-electron chi connectivity index (χ1n) is 19.1. The Bertz CT molecular complexity index is 1250. The smallest absolute Gasteiger partial charge is 0.481 e. The van der Waals surface area contributed by atoms with Crippen LogP contribution in [0.5, 0.6) is 0 Å². The molecule has 0 aromatic carbocycles. The maximum atomic E-state index is 13.2. The first kappa shape index (κ1) is 56.5. The van der Waals surface area contributed by atoms with Gasteiger partial charge in [-0.3, -0.25) is 28.9 Å². The Labute approximate surface area is 424 Å². The number of nitrogens with one attached hydrogen (secondary N) is 3. The molecular formula is C37H62GdN4Na3O10+6. The first-order valence-corrected chi connectivity index (χ1v) is 19.1. The molecule has 4 saturated carbocycles. The van der Waals surface area contributed by atoms with Crippen molar-refractivity contribution < 1.29 is 178 Å². The van der Waals surface area contributed by atoms with Gasteiger partial charge in [-0.2, -0.15) is 0 Å². The van der Waals surface area contributed by atoms with Crippen LogP contribution in [-0.2, 0) is 24.0 Å². The van der Waals surface area contributed by atoms with Gasteiger partial charge in [-0.05, 0) is 111 Å². The van der Waals surface area contributed by atoms with Crippen molar-refractivity contribution in [2.24, 2.45) is 46.3 Å². The number of fused-ring (bicyclic) bond motifs is 5. The molecule has 8 N–H and O–H groups in total. The molecule has 0 heterocycles. The molecule has 0 bridgehead atoms. The molecule has 0 spiro atoms. The molecule has 14 nitrogen and oxygen atoms in total. The van der Waals surface area contributed by atoms with E-state index in [1.54, 1.807) is 4.90 Å². The van der Waals surface area contributed by atoms with E-state index in [-0.39, 0.29) is 216 Å². The predicted molar refractivity (Wildman–Crippen MR) is 188 cm³/mol. The van der Waals surface area contributed by atoms with Gasteiger partial charge in [0, 0.05) is 45.1 Å². The van der Waals surface area contributed by atoms with Gasteiger partial charge in [0.05, 0.1) is 19.2 Å². The second-order valence-corrected chi connectivity index (χ2v) is 16.5. The largest absolute Gasteiger partial charge is 3.00 e. The zero-order valence-electron chi connectivity index (χ0n) is 34.0. The number of aliphatic carboxylic acids is 4.